The Bertz CT molecular complexity index is 2250. The number of hydrogen-bond acceptors (Lipinski definition) is 8. The van der Waals surface area contributed by atoms with Crippen molar-refractivity contribution in [3.63, 3.8) is 0 Å². The number of rotatable bonds is 10. The molecular formula is C39H40N4O8S2. The SMILES string of the molecule is Cc1cc(C)c(S(=O)(=O)Oc2cccc(NC(=O)Nc3cccc(NC(=O)Nc4cccc(OS(=O)(=O)c5c(C)cc(C)cc5C)c4)c3C)c2)c(C)c1. The van der Waals surface area contributed by atoms with E-state index in [0.29, 0.717) is 39.2 Å². The Morgan fingerprint density at radius 3 is 1.17 bits per heavy atom. The van der Waals surface area contributed by atoms with Gasteiger partial charge >= 0.3 is 32.3 Å². The summed E-state index contributed by atoms with van der Waals surface area (Å²) in [6.45, 7) is 12.3. The highest BCUT2D eigenvalue weighted by atomic mass is 32.2. The normalized spacial score (nSPS) is 11.4. The van der Waals surface area contributed by atoms with Gasteiger partial charge in [0.15, 0.2) is 0 Å². The van der Waals surface area contributed by atoms with E-state index in [0.717, 1.165) is 11.1 Å². The van der Waals surface area contributed by atoms with E-state index in [1.165, 1.54) is 24.3 Å². The highest BCUT2D eigenvalue weighted by molar-refractivity contribution is 7.87. The van der Waals surface area contributed by atoms with Crippen LogP contribution < -0.4 is 29.6 Å². The van der Waals surface area contributed by atoms with Crippen molar-refractivity contribution in [2.24, 2.45) is 0 Å². The lowest BCUT2D eigenvalue weighted by Crippen LogP contribution is -2.22. The molecule has 0 aliphatic heterocycles. The topological polar surface area (TPSA) is 169 Å². The van der Waals surface area contributed by atoms with Gasteiger partial charge in [-0.1, -0.05) is 53.6 Å². The number of carbonyl (C=O) groups excluding carboxylic acids is 2. The first-order chi connectivity index (χ1) is 24.9. The highest BCUT2D eigenvalue weighted by Gasteiger charge is 2.24. The number of benzene rings is 5. The molecule has 5 aromatic rings. The molecule has 0 heterocycles. The van der Waals surface area contributed by atoms with Crippen LogP contribution in [-0.4, -0.2) is 28.9 Å². The molecule has 0 unspecified atom stereocenters. The minimum Gasteiger partial charge on any atom is -0.379 e. The van der Waals surface area contributed by atoms with Crippen molar-refractivity contribution in [2.75, 3.05) is 21.3 Å². The Kier molecular flexibility index (Phi) is 11.1. The summed E-state index contributed by atoms with van der Waals surface area (Å²) in [5.74, 6) is 0.0384. The van der Waals surface area contributed by atoms with E-state index < -0.39 is 32.3 Å². The van der Waals surface area contributed by atoms with Gasteiger partial charge in [-0.15, -0.1) is 0 Å². The molecule has 0 saturated heterocycles. The van der Waals surface area contributed by atoms with Crippen LogP contribution in [0.25, 0.3) is 0 Å². The predicted octanol–water partition coefficient (Wildman–Crippen LogP) is 8.67. The maximum atomic E-state index is 13.1. The van der Waals surface area contributed by atoms with Crippen LogP contribution in [0.2, 0.25) is 0 Å². The maximum absolute atomic E-state index is 13.1. The van der Waals surface area contributed by atoms with Crippen LogP contribution in [0.3, 0.4) is 0 Å². The van der Waals surface area contributed by atoms with Gasteiger partial charge in [0.2, 0.25) is 0 Å². The third-order valence-electron chi connectivity index (χ3n) is 8.14. The first-order valence-corrected chi connectivity index (χ1v) is 19.2. The molecule has 12 nitrogen and oxygen atoms in total. The Balaban J connectivity index is 1.21. The van der Waals surface area contributed by atoms with E-state index >= 15 is 0 Å². The van der Waals surface area contributed by atoms with Gasteiger partial charge in [0.1, 0.15) is 21.3 Å². The molecular weight excluding hydrogens is 717 g/mol. The lowest BCUT2D eigenvalue weighted by atomic mass is 10.1. The minimum atomic E-state index is -4.15. The number of urea groups is 2. The largest absolute Gasteiger partial charge is 0.379 e. The lowest BCUT2D eigenvalue weighted by molar-refractivity contribution is 0.261. The first kappa shape index (κ1) is 38.4. The number of aryl methyl sites for hydroxylation is 6. The monoisotopic (exact) mass is 756 g/mol. The molecule has 4 N–H and O–H groups in total. The zero-order valence-corrected chi connectivity index (χ0v) is 31.9. The quantitative estimate of drug-likeness (QED) is 0.103. The Morgan fingerprint density at radius 1 is 0.472 bits per heavy atom. The van der Waals surface area contributed by atoms with Crippen LogP contribution in [-0.2, 0) is 20.2 Å². The van der Waals surface area contributed by atoms with Gasteiger partial charge in [0.25, 0.3) is 0 Å². The summed E-state index contributed by atoms with van der Waals surface area (Å²) < 4.78 is 63.4. The van der Waals surface area contributed by atoms with Gasteiger partial charge in [-0.25, -0.2) is 9.59 Å². The Morgan fingerprint density at radius 2 is 0.811 bits per heavy atom. The van der Waals surface area contributed by atoms with E-state index in [1.807, 2.05) is 13.8 Å². The third-order valence-corrected chi connectivity index (χ3v) is 11.2. The fraction of sp³-hybridized carbons (Fsp3) is 0.179. The molecule has 5 aromatic carbocycles. The van der Waals surface area contributed by atoms with E-state index in [2.05, 4.69) is 21.3 Å². The molecule has 53 heavy (non-hydrogen) atoms. The molecule has 0 aliphatic carbocycles. The molecule has 0 aliphatic rings. The molecule has 0 aromatic heterocycles. The number of anilines is 4. The van der Waals surface area contributed by atoms with Crippen molar-refractivity contribution in [1.29, 1.82) is 0 Å². The van der Waals surface area contributed by atoms with Crippen molar-refractivity contribution in [3.05, 3.63) is 130 Å². The molecule has 14 heteroatoms. The number of amides is 4. The first-order valence-electron chi connectivity index (χ1n) is 16.4. The number of carbonyl (C=O) groups is 2. The molecule has 0 spiro atoms. The summed E-state index contributed by atoms with van der Waals surface area (Å²) in [7, 11) is -8.30. The van der Waals surface area contributed by atoms with Crippen LogP contribution in [0.1, 0.15) is 38.9 Å². The van der Waals surface area contributed by atoms with Gasteiger partial charge in [-0.2, -0.15) is 16.8 Å². The number of nitrogens with one attached hydrogen (secondary N) is 4. The zero-order valence-electron chi connectivity index (χ0n) is 30.2. The second-order valence-electron chi connectivity index (χ2n) is 12.7. The summed E-state index contributed by atoms with van der Waals surface area (Å²) in [5, 5.41) is 10.8. The van der Waals surface area contributed by atoms with Crippen molar-refractivity contribution in [3.8, 4) is 11.5 Å². The van der Waals surface area contributed by atoms with Crippen molar-refractivity contribution < 1.29 is 34.8 Å². The van der Waals surface area contributed by atoms with Crippen LogP contribution in [0, 0.1) is 48.5 Å². The average Bonchev–Trinajstić information content (AvgIpc) is 3.01. The average molecular weight is 757 g/mol. The van der Waals surface area contributed by atoms with E-state index in [9.17, 15) is 26.4 Å². The van der Waals surface area contributed by atoms with E-state index in [4.69, 9.17) is 8.37 Å². The minimum absolute atomic E-state index is 0.0192. The second kappa shape index (κ2) is 15.4. The highest BCUT2D eigenvalue weighted by Crippen LogP contribution is 2.30. The van der Waals surface area contributed by atoms with Gasteiger partial charge in [-0.3, -0.25) is 0 Å². The summed E-state index contributed by atoms with van der Waals surface area (Å²) in [5.41, 5.74) is 6.02. The summed E-state index contributed by atoms with van der Waals surface area (Å²) >= 11 is 0. The molecule has 276 valence electrons. The van der Waals surface area contributed by atoms with Gasteiger partial charge in [0.05, 0.1) is 0 Å². The fourth-order valence-electron chi connectivity index (χ4n) is 6.19. The van der Waals surface area contributed by atoms with Crippen LogP contribution in [0.5, 0.6) is 11.5 Å². The Hall–Kier alpha value is -5.86. The molecule has 0 bridgehead atoms. The van der Waals surface area contributed by atoms with Crippen molar-refractivity contribution >= 4 is 55.0 Å². The van der Waals surface area contributed by atoms with Crippen LogP contribution in [0.15, 0.2) is 101 Å². The molecule has 0 atom stereocenters. The van der Waals surface area contributed by atoms with Gasteiger partial charge in [0, 0.05) is 34.9 Å². The fourth-order valence-corrected chi connectivity index (χ4v) is 8.88. The third kappa shape index (κ3) is 9.33. The van der Waals surface area contributed by atoms with E-state index in [1.54, 1.807) is 101 Å². The van der Waals surface area contributed by atoms with Crippen LogP contribution >= 0.6 is 0 Å². The van der Waals surface area contributed by atoms with Crippen molar-refractivity contribution in [2.45, 2.75) is 58.3 Å². The lowest BCUT2D eigenvalue weighted by Gasteiger charge is -2.16. The summed E-state index contributed by atoms with van der Waals surface area (Å²) in [6, 6.07) is 22.8. The molecule has 0 radical (unpaired) electrons. The van der Waals surface area contributed by atoms with Crippen LogP contribution in [0.4, 0.5) is 32.3 Å². The molecule has 0 fully saturated rings. The van der Waals surface area contributed by atoms with Gasteiger partial charge < -0.3 is 29.6 Å². The molecule has 4 amide bonds. The Labute approximate surface area is 309 Å². The molecule has 5 rings (SSSR count). The van der Waals surface area contributed by atoms with Crippen molar-refractivity contribution in [1.82, 2.24) is 0 Å². The van der Waals surface area contributed by atoms with E-state index in [-0.39, 0.29) is 32.7 Å². The molecule has 0 saturated carbocycles. The standard InChI is InChI=1S/C39H40N4O8S2/c1-23-17-25(3)36(26(4)18-23)52(46,47)50-32-13-8-11-30(21-32)40-38(44)42-34-15-10-16-35(29(34)7)43-39(45)41-31-12-9-14-33(22-31)51-53(48,49)37-27(5)19-24(2)20-28(37)6/h8-22H,1-7H3,(H2,40,42,44)(H2,41,43,45). The summed E-state index contributed by atoms with van der Waals surface area (Å²) in [6.07, 6.45) is 0. The van der Waals surface area contributed by atoms with Gasteiger partial charge in [-0.05, 0) is 113 Å². The number of hydrogen-bond donors (Lipinski definition) is 4. The predicted molar refractivity (Wildman–Crippen MR) is 206 cm³/mol. The maximum Gasteiger partial charge on any atom is 0.339 e. The summed E-state index contributed by atoms with van der Waals surface area (Å²) in [4.78, 5) is 26.2. The smallest absolute Gasteiger partial charge is 0.339 e. The zero-order chi connectivity index (χ0) is 38.7. The second-order valence-corrected chi connectivity index (χ2v) is 15.7.